The lowest BCUT2D eigenvalue weighted by Crippen LogP contribution is -2.39. The van der Waals surface area contributed by atoms with Crippen LogP contribution in [0.4, 0.5) is 0 Å². The van der Waals surface area contributed by atoms with E-state index in [1.165, 1.54) is 0 Å². The molecule has 0 spiro atoms. The van der Waals surface area contributed by atoms with E-state index in [-0.39, 0.29) is 5.91 Å². The van der Waals surface area contributed by atoms with Gasteiger partial charge in [0.15, 0.2) is 0 Å². The summed E-state index contributed by atoms with van der Waals surface area (Å²) in [5.74, 6) is 0.0381. The largest absolute Gasteiger partial charge is 0.336 e. The van der Waals surface area contributed by atoms with Crippen molar-refractivity contribution in [2.75, 3.05) is 19.6 Å². The van der Waals surface area contributed by atoms with Crippen LogP contribution in [0.1, 0.15) is 23.8 Å². The second kappa shape index (κ2) is 5.07. The van der Waals surface area contributed by atoms with E-state index in [9.17, 15) is 4.79 Å². The number of hydrogen-bond acceptors (Lipinski definition) is 3. The number of nitrogens with one attached hydrogen (secondary N) is 1. The predicted octanol–water partition coefficient (Wildman–Crippen LogP) is 0.906. The van der Waals surface area contributed by atoms with Crippen molar-refractivity contribution in [3.05, 3.63) is 30.1 Å². The third-order valence-corrected chi connectivity index (χ3v) is 2.76. The highest BCUT2D eigenvalue weighted by Gasteiger charge is 2.20. The van der Waals surface area contributed by atoms with Crippen LogP contribution in [0.25, 0.3) is 0 Å². The number of carbonyl (C=O) groups is 1. The van der Waals surface area contributed by atoms with Crippen LogP contribution in [0.15, 0.2) is 24.4 Å². The van der Waals surface area contributed by atoms with Crippen LogP contribution >= 0.6 is 0 Å². The zero-order valence-electron chi connectivity index (χ0n) is 9.52. The molecule has 1 aromatic rings. The van der Waals surface area contributed by atoms with Gasteiger partial charge in [-0.2, -0.15) is 0 Å². The van der Waals surface area contributed by atoms with Crippen LogP contribution in [0.5, 0.6) is 0 Å². The highest BCUT2D eigenvalue weighted by molar-refractivity contribution is 5.92. The molecule has 1 aliphatic rings. The molecule has 1 amide bonds. The molecule has 4 nitrogen and oxygen atoms in total. The maximum absolute atomic E-state index is 12.1. The first-order valence-corrected chi connectivity index (χ1v) is 5.71. The quantitative estimate of drug-likeness (QED) is 0.763. The van der Waals surface area contributed by atoms with Crippen molar-refractivity contribution in [3.8, 4) is 0 Å². The van der Waals surface area contributed by atoms with Gasteiger partial charge in [0.25, 0.3) is 5.91 Å². The Balaban J connectivity index is 2.09. The minimum absolute atomic E-state index is 0.0381. The number of aromatic nitrogens is 1. The average Bonchev–Trinajstić information content (AvgIpc) is 2.54. The number of rotatable bonds is 1. The van der Waals surface area contributed by atoms with Crippen molar-refractivity contribution in [2.24, 2.45) is 0 Å². The lowest BCUT2D eigenvalue weighted by atomic mass is 10.2. The van der Waals surface area contributed by atoms with Gasteiger partial charge >= 0.3 is 0 Å². The Bertz CT molecular complexity index is 353. The van der Waals surface area contributed by atoms with Crippen LogP contribution < -0.4 is 5.32 Å². The second-order valence-electron chi connectivity index (χ2n) is 4.17. The van der Waals surface area contributed by atoms with Crippen molar-refractivity contribution in [2.45, 2.75) is 19.4 Å². The Morgan fingerprint density at radius 2 is 2.44 bits per heavy atom. The second-order valence-corrected chi connectivity index (χ2v) is 4.17. The Labute approximate surface area is 95.7 Å². The SMILES string of the molecule is CC1CN(C(=O)c2ccccn2)CCCN1. The molecule has 2 heterocycles. The molecule has 0 bridgehead atoms. The third-order valence-electron chi connectivity index (χ3n) is 2.76. The molecule has 1 fully saturated rings. The van der Waals surface area contributed by atoms with Gasteiger partial charge in [0, 0.05) is 25.3 Å². The van der Waals surface area contributed by atoms with E-state index >= 15 is 0 Å². The zero-order valence-corrected chi connectivity index (χ0v) is 9.52. The van der Waals surface area contributed by atoms with Gasteiger partial charge in [-0.15, -0.1) is 0 Å². The van der Waals surface area contributed by atoms with Gasteiger partial charge in [-0.25, -0.2) is 0 Å². The van der Waals surface area contributed by atoms with Gasteiger partial charge in [-0.3, -0.25) is 9.78 Å². The number of nitrogens with zero attached hydrogens (tertiary/aromatic N) is 2. The minimum Gasteiger partial charge on any atom is -0.336 e. The molecule has 1 unspecified atom stereocenters. The number of pyridine rings is 1. The first-order chi connectivity index (χ1) is 7.77. The van der Waals surface area contributed by atoms with Crippen LogP contribution in [-0.2, 0) is 0 Å². The van der Waals surface area contributed by atoms with E-state index in [0.29, 0.717) is 11.7 Å². The van der Waals surface area contributed by atoms with Gasteiger partial charge in [0.05, 0.1) is 0 Å². The molecule has 16 heavy (non-hydrogen) atoms. The molecule has 0 saturated carbocycles. The van der Waals surface area contributed by atoms with E-state index in [4.69, 9.17) is 0 Å². The Morgan fingerprint density at radius 1 is 1.56 bits per heavy atom. The fourth-order valence-electron chi connectivity index (χ4n) is 1.94. The fraction of sp³-hybridized carbons (Fsp3) is 0.500. The molecule has 1 aliphatic heterocycles. The van der Waals surface area contributed by atoms with E-state index in [1.54, 1.807) is 12.3 Å². The fourth-order valence-corrected chi connectivity index (χ4v) is 1.94. The minimum atomic E-state index is 0.0381. The first-order valence-electron chi connectivity index (χ1n) is 5.71. The molecule has 4 heteroatoms. The molecule has 0 aromatic carbocycles. The maximum Gasteiger partial charge on any atom is 0.272 e. The van der Waals surface area contributed by atoms with Gasteiger partial charge in [-0.1, -0.05) is 6.07 Å². The summed E-state index contributed by atoms with van der Waals surface area (Å²) in [6.45, 7) is 4.65. The molecular formula is C12H17N3O. The van der Waals surface area contributed by atoms with Gasteiger partial charge in [-0.05, 0) is 32.0 Å². The molecule has 1 atom stereocenters. The lowest BCUT2D eigenvalue weighted by molar-refractivity contribution is 0.0749. The monoisotopic (exact) mass is 219 g/mol. The van der Waals surface area contributed by atoms with E-state index in [2.05, 4.69) is 17.2 Å². The normalized spacial score (nSPS) is 21.6. The summed E-state index contributed by atoms with van der Waals surface area (Å²) in [4.78, 5) is 18.1. The van der Waals surface area contributed by atoms with Gasteiger partial charge < -0.3 is 10.2 Å². The Kier molecular flexibility index (Phi) is 3.51. The molecular weight excluding hydrogens is 202 g/mol. The molecule has 0 aliphatic carbocycles. The maximum atomic E-state index is 12.1. The Hall–Kier alpha value is -1.42. The highest BCUT2D eigenvalue weighted by Crippen LogP contribution is 2.06. The summed E-state index contributed by atoms with van der Waals surface area (Å²) < 4.78 is 0. The number of hydrogen-bond donors (Lipinski definition) is 1. The van der Waals surface area contributed by atoms with E-state index in [1.807, 2.05) is 17.0 Å². The zero-order chi connectivity index (χ0) is 11.4. The van der Waals surface area contributed by atoms with Crippen molar-refractivity contribution in [1.29, 1.82) is 0 Å². The molecule has 1 aromatic heterocycles. The summed E-state index contributed by atoms with van der Waals surface area (Å²) in [5.41, 5.74) is 0.539. The van der Waals surface area contributed by atoms with Crippen molar-refractivity contribution in [1.82, 2.24) is 15.2 Å². The van der Waals surface area contributed by atoms with E-state index in [0.717, 1.165) is 26.1 Å². The molecule has 1 saturated heterocycles. The summed E-state index contributed by atoms with van der Waals surface area (Å²) in [6, 6.07) is 5.80. The van der Waals surface area contributed by atoms with Crippen molar-refractivity contribution in [3.63, 3.8) is 0 Å². The van der Waals surface area contributed by atoms with Crippen molar-refractivity contribution >= 4 is 5.91 Å². The number of carbonyl (C=O) groups excluding carboxylic acids is 1. The Morgan fingerprint density at radius 3 is 3.19 bits per heavy atom. The summed E-state index contributed by atoms with van der Waals surface area (Å²) >= 11 is 0. The molecule has 1 N–H and O–H groups in total. The van der Waals surface area contributed by atoms with Crippen LogP contribution in [0.3, 0.4) is 0 Å². The summed E-state index contributed by atoms with van der Waals surface area (Å²) in [7, 11) is 0. The molecule has 0 radical (unpaired) electrons. The van der Waals surface area contributed by atoms with Gasteiger partial charge in [0.2, 0.25) is 0 Å². The predicted molar refractivity (Wildman–Crippen MR) is 62.2 cm³/mol. The topological polar surface area (TPSA) is 45.2 Å². The lowest BCUT2D eigenvalue weighted by Gasteiger charge is -2.22. The van der Waals surface area contributed by atoms with Crippen LogP contribution in [-0.4, -0.2) is 41.5 Å². The summed E-state index contributed by atoms with van der Waals surface area (Å²) in [5, 5.41) is 3.37. The average molecular weight is 219 g/mol. The number of amides is 1. The first kappa shape index (κ1) is 11.1. The van der Waals surface area contributed by atoms with Gasteiger partial charge in [0.1, 0.15) is 5.69 Å². The standard InChI is InChI=1S/C12H17N3O/c1-10-9-15(8-4-7-13-10)12(16)11-5-2-3-6-14-11/h2-3,5-6,10,13H,4,7-9H2,1H3. The third kappa shape index (κ3) is 2.58. The van der Waals surface area contributed by atoms with Crippen molar-refractivity contribution < 1.29 is 4.79 Å². The van der Waals surface area contributed by atoms with Crippen LogP contribution in [0, 0.1) is 0 Å². The molecule has 86 valence electrons. The smallest absolute Gasteiger partial charge is 0.272 e. The van der Waals surface area contributed by atoms with Crippen LogP contribution in [0.2, 0.25) is 0 Å². The molecule has 2 rings (SSSR count). The summed E-state index contributed by atoms with van der Waals surface area (Å²) in [6.07, 6.45) is 2.66. The van der Waals surface area contributed by atoms with E-state index < -0.39 is 0 Å². The highest BCUT2D eigenvalue weighted by atomic mass is 16.2.